The third kappa shape index (κ3) is 7.08. The minimum atomic E-state index is 0. The number of rotatable bonds is 4. The second kappa shape index (κ2) is 11.4. The van der Waals surface area contributed by atoms with Gasteiger partial charge < -0.3 is 15.1 Å². The summed E-state index contributed by atoms with van der Waals surface area (Å²) in [6, 6.07) is 0.371. The lowest BCUT2D eigenvalue weighted by molar-refractivity contribution is -0.137. The summed E-state index contributed by atoms with van der Waals surface area (Å²) < 4.78 is 0. The Bertz CT molecular complexity index is 470. The van der Waals surface area contributed by atoms with E-state index < -0.39 is 0 Å². The summed E-state index contributed by atoms with van der Waals surface area (Å²) in [5.74, 6) is 1.73. The summed E-state index contributed by atoms with van der Waals surface area (Å²) in [6.45, 7) is 11.0. The molecule has 2 amide bonds. The average molecular weight is 423 g/mol. The molecule has 3 saturated heterocycles. The van der Waals surface area contributed by atoms with Crippen LogP contribution in [0.4, 0.5) is 0 Å². The van der Waals surface area contributed by atoms with Gasteiger partial charge in [-0.3, -0.25) is 14.5 Å². The molecule has 158 valence electrons. The Kier molecular flexibility index (Phi) is 10.4. The van der Waals surface area contributed by atoms with E-state index in [2.05, 4.69) is 24.1 Å². The zero-order valence-electron chi connectivity index (χ0n) is 16.7. The van der Waals surface area contributed by atoms with E-state index in [0.29, 0.717) is 30.8 Å². The molecule has 3 heterocycles. The molecule has 8 heteroatoms. The molecule has 0 bridgehead atoms. The molecule has 3 rings (SSSR count). The van der Waals surface area contributed by atoms with E-state index in [1.807, 2.05) is 9.80 Å². The zero-order valence-corrected chi connectivity index (χ0v) is 18.3. The van der Waals surface area contributed by atoms with Crippen molar-refractivity contribution < 1.29 is 9.59 Å². The van der Waals surface area contributed by atoms with E-state index in [1.165, 1.54) is 12.8 Å². The molecule has 3 aliphatic rings. The van der Waals surface area contributed by atoms with Crippen LogP contribution in [0.2, 0.25) is 0 Å². The molecule has 6 nitrogen and oxygen atoms in total. The van der Waals surface area contributed by atoms with Gasteiger partial charge in [0.25, 0.3) is 0 Å². The Morgan fingerprint density at radius 1 is 0.926 bits per heavy atom. The summed E-state index contributed by atoms with van der Waals surface area (Å²) in [5, 5.41) is 3.40. The highest BCUT2D eigenvalue weighted by Gasteiger charge is 2.29. The standard InChI is InChI=1S/C19H34N4O2.2ClH/c1-15-10-16(2)13-23(12-15)19(25)14-21-6-8-22(9-7-21)18(24)11-17-4-3-5-20-17;;/h15-17,20H,3-14H2,1-2H3;2*1H. The topological polar surface area (TPSA) is 55.9 Å². The molecule has 3 fully saturated rings. The van der Waals surface area contributed by atoms with Gasteiger partial charge in [-0.25, -0.2) is 0 Å². The Labute approximate surface area is 176 Å². The van der Waals surface area contributed by atoms with Crippen molar-refractivity contribution >= 4 is 36.6 Å². The number of halogens is 2. The maximum Gasteiger partial charge on any atom is 0.236 e. The lowest BCUT2D eigenvalue weighted by Crippen LogP contribution is -2.53. The maximum atomic E-state index is 12.6. The third-order valence-corrected chi connectivity index (χ3v) is 5.89. The molecule has 0 aliphatic carbocycles. The van der Waals surface area contributed by atoms with Gasteiger partial charge >= 0.3 is 0 Å². The number of likely N-dealkylation sites (tertiary alicyclic amines) is 1. The van der Waals surface area contributed by atoms with Gasteiger partial charge in [0.1, 0.15) is 0 Å². The van der Waals surface area contributed by atoms with Crippen LogP contribution in [0.25, 0.3) is 0 Å². The number of piperazine rings is 1. The molecule has 3 unspecified atom stereocenters. The fraction of sp³-hybridized carbons (Fsp3) is 0.895. The van der Waals surface area contributed by atoms with Crippen molar-refractivity contribution in [3.63, 3.8) is 0 Å². The van der Waals surface area contributed by atoms with E-state index in [0.717, 1.165) is 52.2 Å². The highest BCUT2D eigenvalue weighted by Crippen LogP contribution is 2.21. The lowest BCUT2D eigenvalue weighted by Gasteiger charge is -2.38. The molecule has 0 spiro atoms. The van der Waals surface area contributed by atoms with Crippen molar-refractivity contribution in [1.29, 1.82) is 0 Å². The smallest absolute Gasteiger partial charge is 0.236 e. The Hall–Kier alpha value is -0.560. The van der Waals surface area contributed by atoms with E-state index in [9.17, 15) is 9.59 Å². The number of piperidine rings is 1. The molecule has 0 saturated carbocycles. The summed E-state index contributed by atoms with van der Waals surface area (Å²) in [6.07, 6.45) is 4.15. The fourth-order valence-corrected chi connectivity index (χ4v) is 4.58. The molecule has 0 radical (unpaired) electrons. The first kappa shape index (κ1) is 24.5. The van der Waals surface area contributed by atoms with Crippen molar-refractivity contribution in [3.8, 4) is 0 Å². The van der Waals surface area contributed by atoms with E-state index in [1.54, 1.807) is 0 Å². The van der Waals surface area contributed by atoms with Crippen LogP contribution >= 0.6 is 24.8 Å². The second-order valence-corrected chi connectivity index (χ2v) is 8.40. The Morgan fingerprint density at radius 3 is 2.11 bits per heavy atom. The van der Waals surface area contributed by atoms with Crippen molar-refractivity contribution in [1.82, 2.24) is 20.0 Å². The van der Waals surface area contributed by atoms with Gasteiger partial charge in [0, 0.05) is 51.7 Å². The Balaban J connectivity index is 0.00000182. The highest BCUT2D eigenvalue weighted by atomic mass is 35.5. The summed E-state index contributed by atoms with van der Waals surface area (Å²) >= 11 is 0. The molecule has 27 heavy (non-hydrogen) atoms. The van der Waals surface area contributed by atoms with Gasteiger partial charge in [-0.05, 0) is 37.6 Å². The van der Waals surface area contributed by atoms with Crippen LogP contribution in [0.3, 0.4) is 0 Å². The van der Waals surface area contributed by atoms with Crippen molar-refractivity contribution in [3.05, 3.63) is 0 Å². The van der Waals surface area contributed by atoms with Gasteiger partial charge in [0.05, 0.1) is 6.54 Å². The van der Waals surface area contributed by atoms with Crippen LogP contribution in [0.5, 0.6) is 0 Å². The van der Waals surface area contributed by atoms with Crippen LogP contribution < -0.4 is 5.32 Å². The monoisotopic (exact) mass is 422 g/mol. The van der Waals surface area contributed by atoms with E-state index >= 15 is 0 Å². The first-order chi connectivity index (χ1) is 12.0. The first-order valence-electron chi connectivity index (χ1n) is 10.0. The van der Waals surface area contributed by atoms with Crippen LogP contribution in [0, 0.1) is 11.8 Å². The lowest BCUT2D eigenvalue weighted by atomic mass is 9.92. The van der Waals surface area contributed by atoms with Crippen LogP contribution in [0.1, 0.15) is 39.5 Å². The highest BCUT2D eigenvalue weighted by molar-refractivity contribution is 5.85. The predicted octanol–water partition coefficient (Wildman–Crippen LogP) is 1.62. The fourth-order valence-electron chi connectivity index (χ4n) is 4.58. The van der Waals surface area contributed by atoms with E-state index in [-0.39, 0.29) is 36.6 Å². The zero-order chi connectivity index (χ0) is 17.8. The van der Waals surface area contributed by atoms with Gasteiger partial charge in [0.2, 0.25) is 11.8 Å². The minimum absolute atomic E-state index is 0. The molecule has 0 aromatic carbocycles. The molecule has 3 atom stereocenters. The minimum Gasteiger partial charge on any atom is -0.341 e. The van der Waals surface area contributed by atoms with Crippen LogP contribution in [-0.2, 0) is 9.59 Å². The first-order valence-corrected chi connectivity index (χ1v) is 10.0. The maximum absolute atomic E-state index is 12.6. The van der Waals surface area contributed by atoms with Crippen molar-refractivity contribution in [2.45, 2.75) is 45.6 Å². The number of nitrogens with one attached hydrogen (secondary N) is 1. The molecule has 0 aromatic rings. The SMILES string of the molecule is CC1CC(C)CN(C(=O)CN2CCN(C(=O)CC3CCCN3)CC2)C1.Cl.Cl. The van der Waals surface area contributed by atoms with Crippen molar-refractivity contribution in [2.75, 3.05) is 52.4 Å². The van der Waals surface area contributed by atoms with E-state index in [4.69, 9.17) is 0 Å². The van der Waals surface area contributed by atoms with Gasteiger partial charge in [-0.15, -0.1) is 24.8 Å². The molecular weight excluding hydrogens is 387 g/mol. The Morgan fingerprint density at radius 2 is 1.56 bits per heavy atom. The number of amides is 2. The molecular formula is C19H36Cl2N4O2. The summed E-state index contributed by atoms with van der Waals surface area (Å²) in [7, 11) is 0. The molecule has 3 aliphatic heterocycles. The van der Waals surface area contributed by atoms with Gasteiger partial charge in [-0.2, -0.15) is 0 Å². The largest absolute Gasteiger partial charge is 0.341 e. The molecule has 1 N–H and O–H groups in total. The summed E-state index contributed by atoms with van der Waals surface area (Å²) in [4.78, 5) is 31.2. The molecule has 0 aromatic heterocycles. The predicted molar refractivity (Wildman–Crippen MR) is 113 cm³/mol. The normalized spacial score (nSPS) is 29.0. The number of carbonyl (C=O) groups excluding carboxylic acids is 2. The number of hydrogen-bond acceptors (Lipinski definition) is 4. The summed E-state index contributed by atoms with van der Waals surface area (Å²) in [5.41, 5.74) is 0. The number of hydrogen-bond donors (Lipinski definition) is 1. The number of carbonyl (C=O) groups is 2. The second-order valence-electron chi connectivity index (χ2n) is 8.40. The van der Waals surface area contributed by atoms with Crippen LogP contribution in [0.15, 0.2) is 0 Å². The quantitative estimate of drug-likeness (QED) is 0.747. The number of nitrogens with zero attached hydrogens (tertiary/aromatic N) is 3. The van der Waals surface area contributed by atoms with Gasteiger partial charge in [-0.1, -0.05) is 13.8 Å². The third-order valence-electron chi connectivity index (χ3n) is 5.89. The van der Waals surface area contributed by atoms with Crippen LogP contribution in [-0.4, -0.2) is 84.9 Å². The average Bonchev–Trinajstić information content (AvgIpc) is 3.07. The van der Waals surface area contributed by atoms with Gasteiger partial charge in [0.15, 0.2) is 0 Å². The van der Waals surface area contributed by atoms with Crippen molar-refractivity contribution in [2.24, 2.45) is 11.8 Å².